The van der Waals surface area contributed by atoms with Crippen molar-refractivity contribution in [2.24, 2.45) is 0 Å². The Morgan fingerprint density at radius 3 is 2.57 bits per heavy atom. The van der Waals surface area contributed by atoms with Gasteiger partial charge in [-0.15, -0.1) is 11.6 Å². The van der Waals surface area contributed by atoms with Gasteiger partial charge in [0, 0.05) is 18.8 Å². The molecular formula is C18H19ClN2. The maximum Gasteiger partial charge on any atom is 0.111 e. The Bertz CT molecular complexity index is 732. The number of aromatic nitrogens is 2. The summed E-state index contributed by atoms with van der Waals surface area (Å²) in [5.74, 6) is 1.69. The largest absolute Gasteiger partial charge is 0.327 e. The first-order valence-electron chi connectivity index (χ1n) is 7.34. The summed E-state index contributed by atoms with van der Waals surface area (Å²) < 4.78 is 2.33. The number of imidazole rings is 1. The molecular weight excluding hydrogens is 280 g/mol. The highest BCUT2D eigenvalue weighted by Gasteiger charge is 2.11. The van der Waals surface area contributed by atoms with Crippen molar-refractivity contribution < 1.29 is 0 Å². The van der Waals surface area contributed by atoms with Crippen LogP contribution >= 0.6 is 11.6 Å². The van der Waals surface area contributed by atoms with E-state index < -0.39 is 0 Å². The van der Waals surface area contributed by atoms with Crippen molar-refractivity contribution >= 4 is 22.6 Å². The van der Waals surface area contributed by atoms with E-state index in [0.717, 1.165) is 30.7 Å². The first kappa shape index (κ1) is 14.2. The average molecular weight is 299 g/mol. The van der Waals surface area contributed by atoms with Gasteiger partial charge in [-0.1, -0.05) is 42.5 Å². The molecule has 0 unspecified atom stereocenters. The number of hydrogen-bond acceptors (Lipinski definition) is 1. The summed E-state index contributed by atoms with van der Waals surface area (Å²) in [5, 5.41) is 0. The van der Waals surface area contributed by atoms with E-state index in [1.165, 1.54) is 16.6 Å². The van der Waals surface area contributed by atoms with Gasteiger partial charge in [-0.2, -0.15) is 0 Å². The predicted molar refractivity (Wildman–Crippen MR) is 89.0 cm³/mol. The summed E-state index contributed by atoms with van der Waals surface area (Å²) in [4.78, 5) is 4.75. The van der Waals surface area contributed by atoms with Crippen LogP contribution in [-0.4, -0.2) is 15.4 Å². The number of rotatable bonds is 5. The molecule has 0 aliphatic rings. The van der Waals surface area contributed by atoms with Gasteiger partial charge in [-0.3, -0.25) is 0 Å². The Hall–Kier alpha value is -1.80. The Morgan fingerprint density at radius 2 is 1.81 bits per heavy atom. The van der Waals surface area contributed by atoms with Crippen molar-refractivity contribution in [2.45, 2.75) is 26.3 Å². The molecule has 0 fully saturated rings. The summed E-state index contributed by atoms with van der Waals surface area (Å²) in [7, 11) is 0. The van der Waals surface area contributed by atoms with E-state index in [4.69, 9.17) is 16.6 Å². The summed E-state index contributed by atoms with van der Waals surface area (Å²) in [6.07, 6.45) is 1.82. The van der Waals surface area contributed by atoms with Crippen LogP contribution in [0.1, 0.15) is 17.0 Å². The highest BCUT2D eigenvalue weighted by Crippen LogP contribution is 2.21. The molecule has 0 spiro atoms. The van der Waals surface area contributed by atoms with Crippen LogP contribution in [0.2, 0.25) is 0 Å². The zero-order chi connectivity index (χ0) is 14.7. The molecule has 0 saturated heterocycles. The summed E-state index contributed by atoms with van der Waals surface area (Å²) in [6.45, 7) is 3.09. The molecule has 0 bridgehead atoms. The third-order valence-corrected chi connectivity index (χ3v) is 4.02. The van der Waals surface area contributed by atoms with Gasteiger partial charge in [0.15, 0.2) is 0 Å². The number of benzene rings is 2. The van der Waals surface area contributed by atoms with Crippen LogP contribution in [0.4, 0.5) is 0 Å². The number of alkyl halides is 1. The smallest absolute Gasteiger partial charge is 0.111 e. The van der Waals surface area contributed by atoms with Gasteiger partial charge in [0.05, 0.1) is 11.0 Å². The third kappa shape index (κ3) is 2.96. The lowest BCUT2D eigenvalue weighted by molar-refractivity contribution is 0.674. The second kappa shape index (κ2) is 6.31. The molecule has 0 N–H and O–H groups in total. The first-order chi connectivity index (χ1) is 10.3. The van der Waals surface area contributed by atoms with Crippen molar-refractivity contribution in [3.63, 3.8) is 0 Å². The van der Waals surface area contributed by atoms with Gasteiger partial charge in [0.25, 0.3) is 0 Å². The fourth-order valence-electron chi connectivity index (χ4n) is 2.82. The molecule has 3 heteroatoms. The standard InChI is InChI=1S/C18H19ClN2/c1-14-6-5-9-16-18(14)21(17(20-16)10-12-19)13-11-15-7-3-2-4-8-15/h2-9H,10-13H2,1H3. The molecule has 0 amide bonds. The SMILES string of the molecule is Cc1cccc2nc(CCCl)n(CCc3ccccc3)c12. The summed E-state index contributed by atoms with van der Waals surface area (Å²) in [6, 6.07) is 16.9. The number of nitrogens with zero attached hydrogens (tertiary/aromatic N) is 2. The maximum absolute atomic E-state index is 5.94. The van der Waals surface area contributed by atoms with Crippen LogP contribution in [-0.2, 0) is 19.4 Å². The number of aryl methyl sites for hydroxylation is 4. The lowest BCUT2D eigenvalue weighted by atomic mass is 10.1. The molecule has 0 atom stereocenters. The van der Waals surface area contributed by atoms with Crippen molar-refractivity contribution in [1.82, 2.24) is 9.55 Å². The maximum atomic E-state index is 5.94. The van der Waals surface area contributed by atoms with E-state index in [9.17, 15) is 0 Å². The van der Waals surface area contributed by atoms with Gasteiger partial charge in [-0.05, 0) is 30.5 Å². The van der Waals surface area contributed by atoms with Crippen LogP contribution < -0.4 is 0 Å². The summed E-state index contributed by atoms with van der Waals surface area (Å²) >= 11 is 5.94. The fraction of sp³-hybridized carbons (Fsp3) is 0.278. The Kier molecular flexibility index (Phi) is 4.26. The van der Waals surface area contributed by atoms with Gasteiger partial charge in [0.1, 0.15) is 5.82 Å². The fourth-order valence-corrected chi connectivity index (χ4v) is 2.98. The van der Waals surface area contributed by atoms with Crippen molar-refractivity contribution in [2.75, 3.05) is 5.88 Å². The topological polar surface area (TPSA) is 17.8 Å². The molecule has 1 aromatic heterocycles. The molecule has 0 radical (unpaired) electrons. The second-order valence-electron chi connectivity index (χ2n) is 5.30. The van der Waals surface area contributed by atoms with Crippen LogP contribution in [0.5, 0.6) is 0 Å². The van der Waals surface area contributed by atoms with E-state index in [1.54, 1.807) is 0 Å². The molecule has 21 heavy (non-hydrogen) atoms. The van der Waals surface area contributed by atoms with Gasteiger partial charge in [-0.25, -0.2) is 4.98 Å². The first-order valence-corrected chi connectivity index (χ1v) is 7.87. The third-order valence-electron chi connectivity index (χ3n) is 3.83. The minimum absolute atomic E-state index is 0.605. The number of hydrogen-bond donors (Lipinski definition) is 0. The number of halogens is 1. The van der Waals surface area contributed by atoms with Crippen molar-refractivity contribution in [3.05, 3.63) is 65.5 Å². The van der Waals surface area contributed by atoms with Crippen LogP contribution in [0, 0.1) is 6.92 Å². The van der Waals surface area contributed by atoms with Gasteiger partial charge in [0.2, 0.25) is 0 Å². The predicted octanol–water partition coefficient (Wildman–Crippen LogP) is 4.37. The number of para-hydroxylation sites is 1. The van der Waals surface area contributed by atoms with E-state index in [2.05, 4.69) is 60.0 Å². The molecule has 1 heterocycles. The highest BCUT2D eigenvalue weighted by atomic mass is 35.5. The van der Waals surface area contributed by atoms with Crippen LogP contribution in [0.25, 0.3) is 11.0 Å². The van der Waals surface area contributed by atoms with Gasteiger partial charge >= 0.3 is 0 Å². The monoisotopic (exact) mass is 298 g/mol. The Morgan fingerprint density at radius 1 is 1.00 bits per heavy atom. The lowest BCUT2D eigenvalue weighted by Gasteiger charge is -2.10. The quantitative estimate of drug-likeness (QED) is 0.640. The minimum Gasteiger partial charge on any atom is -0.327 e. The molecule has 0 aliphatic heterocycles. The molecule has 3 aromatic rings. The van der Waals surface area contributed by atoms with E-state index in [0.29, 0.717) is 5.88 Å². The molecule has 108 valence electrons. The number of fused-ring (bicyclic) bond motifs is 1. The summed E-state index contributed by atoms with van der Waals surface area (Å²) in [5.41, 5.74) is 4.94. The van der Waals surface area contributed by atoms with E-state index >= 15 is 0 Å². The molecule has 0 saturated carbocycles. The Balaban J connectivity index is 1.97. The van der Waals surface area contributed by atoms with E-state index in [-0.39, 0.29) is 0 Å². The molecule has 2 aromatic carbocycles. The normalized spacial score (nSPS) is 11.1. The van der Waals surface area contributed by atoms with E-state index in [1.807, 2.05) is 0 Å². The van der Waals surface area contributed by atoms with Crippen LogP contribution in [0.15, 0.2) is 48.5 Å². The lowest BCUT2D eigenvalue weighted by Crippen LogP contribution is -2.07. The minimum atomic E-state index is 0.605. The van der Waals surface area contributed by atoms with Crippen molar-refractivity contribution in [3.8, 4) is 0 Å². The highest BCUT2D eigenvalue weighted by molar-refractivity contribution is 6.17. The van der Waals surface area contributed by atoms with Crippen LogP contribution in [0.3, 0.4) is 0 Å². The Labute approximate surface area is 130 Å². The molecule has 3 rings (SSSR count). The molecule has 0 aliphatic carbocycles. The average Bonchev–Trinajstić information content (AvgIpc) is 2.85. The zero-order valence-corrected chi connectivity index (χ0v) is 13.0. The second-order valence-corrected chi connectivity index (χ2v) is 5.67. The van der Waals surface area contributed by atoms with Gasteiger partial charge < -0.3 is 4.57 Å². The van der Waals surface area contributed by atoms with Crippen molar-refractivity contribution in [1.29, 1.82) is 0 Å². The molecule has 2 nitrogen and oxygen atoms in total. The zero-order valence-electron chi connectivity index (χ0n) is 12.2.